The van der Waals surface area contributed by atoms with Gasteiger partial charge in [-0.05, 0) is 51.8 Å². The van der Waals surface area contributed by atoms with Crippen molar-refractivity contribution >= 4 is 22.6 Å². The van der Waals surface area contributed by atoms with Crippen LogP contribution in [0.4, 0.5) is 0 Å². The zero-order valence-electron chi connectivity index (χ0n) is 8.86. The van der Waals surface area contributed by atoms with Crippen molar-refractivity contribution in [1.82, 2.24) is 0 Å². The van der Waals surface area contributed by atoms with E-state index in [0.717, 1.165) is 6.42 Å². The normalized spacial score (nSPS) is 10.4. The Morgan fingerprint density at radius 1 is 1.00 bits per heavy atom. The first-order valence-corrected chi connectivity index (χ1v) is 6.34. The first-order chi connectivity index (χ1) is 7.81. The van der Waals surface area contributed by atoms with Crippen molar-refractivity contribution in [2.24, 2.45) is 0 Å². The van der Waals surface area contributed by atoms with Gasteiger partial charge in [0.2, 0.25) is 0 Å². The monoisotopic (exact) mass is 324 g/mol. The largest absolute Gasteiger partial charge is 0.396 e. The van der Waals surface area contributed by atoms with Crippen LogP contribution in [0.1, 0.15) is 5.56 Å². The molecule has 82 valence electrons. The van der Waals surface area contributed by atoms with Gasteiger partial charge in [-0.15, -0.1) is 0 Å². The zero-order valence-corrected chi connectivity index (χ0v) is 11.0. The number of benzene rings is 2. The molecule has 2 heteroatoms. The maximum absolute atomic E-state index is 8.89. The summed E-state index contributed by atoms with van der Waals surface area (Å²) < 4.78 is 1.23. The molecule has 0 saturated heterocycles. The molecular weight excluding hydrogens is 311 g/mol. The molecule has 0 unspecified atom stereocenters. The maximum Gasteiger partial charge on any atom is 0.0471 e. The van der Waals surface area contributed by atoms with E-state index in [1.165, 1.54) is 20.3 Å². The molecule has 0 aliphatic carbocycles. The van der Waals surface area contributed by atoms with E-state index in [4.69, 9.17) is 5.11 Å². The van der Waals surface area contributed by atoms with Gasteiger partial charge >= 0.3 is 0 Å². The summed E-state index contributed by atoms with van der Waals surface area (Å²) in [4.78, 5) is 0. The van der Waals surface area contributed by atoms with Crippen LogP contribution in [0.2, 0.25) is 0 Å². The van der Waals surface area contributed by atoms with E-state index < -0.39 is 0 Å². The Hall–Kier alpha value is -0.870. The molecule has 0 radical (unpaired) electrons. The highest BCUT2D eigenvalue weighted by atomic mass is 127. The molecule has 2 rings (SSSR count). The second kappa shape index (κ2) is 5.46. The van der Waals surface area contributed by atoms with E-state index in [9.17, 15) is 0 Å². The molecule has 1 nitrogen and oxygen atoms in total. The SMILES string of the molecule is OCCc1ccc(-c2ccccc2)c(I)c1. The lowest BCUT2D eigenvalue weighted by Gasteiger charge is -2.07. The average molecular weight is 324 g/mol. The quantitative estimate of drug-likeness (QED) is 0.857. The van der Waals surface area contributed by atoms with Gasteiger partial charge in [0.1, 0.15) is 0 Å². The summed E-state index contributed by atoms with van der Waals surface area (Å²) in [6.07, 6.45) is 0.727. The highest BCUT2D eigenvalue weighted by Crippen LogP contribution is 2.25. The summed E-state index contributed by atoms with van der Waals surface area (Å²) in [6.45, 7) is 0.209. The number of aliphatic hydroxyl groups excluding tert-OH is 1. The molecule has 0 spiro atoms. The van der Waals surface area contributed by atoms with Gasteiger partial charge in [-0.1, -0.05) is 42.5 Å². The highest BCUT2D eigenvalue weighted by Gasteiger charge is 2.03. The number of aliphatic hydroxyl groups is 1. The third-order valence-electron chi connectivity index (χ3n) is 2.52. The van der Waals surface area contributed by atoms with E-state index in [1.54, 1.807) is 0 Å². The molecular formula is C14H13IO. The third-order valence-corrected chi connectivity index (χ3v) is 3.41. The number of rotatable bonds is 3. The van der Waals surface area contributed by atoms with Gasteiger partial charge in [-0.3, -0.25) is 0 Å². The van der Waals surface area contributed by atoms with Crippen molar-refractivity contribution in [3.8, 4) is 11.1 Å². The second-order valence-electron chi connectivity index (χ2n) is 3.65. The van der Waals surface area contributed by atoms with Gasteiger partial charge in [-0.25, -0.2) is 0 Å². The minimum atomic E-state index is 0.209. The van der Waals surface area contributed by atoms with Crippen LogP contribution in [0.25, 0.3) is 11.1 Å². The Labute approximate surface area is 109 Å². The van der Waals surface area contributed by atoms with Crippen molar-refractivity contribution in [3.05, 3.63) is 57.7 Å². The number of halogens is 1. The zero-order chi connectivity index (χ0) is 11.4. The van der Waals surface area contributed by atoms with Crippen LogP contribution in [-0.4, -0.2) is 11.7 Å². The van der Waals surface area contributed by atoms with Gasteiger partial charge in [0.15, 0.2) is 0 Å². The van der Waals surface area contributed by atoms with Gasteiger partial charge in [0.25, 0.3) is 0 Å². The molecule has 0 aliphatic rings. The van der Waals surface area contributed by atoms with Gasteiger partial charge in [-0.2, -0.15) is 0 Å². The Morgan fingerprint density at radius 2 is 1.75 bits per heavy atom. The number of hydrogen-bond acceptors (Lipinski definition) is 1. The van der Waals surface area contributed by atoms with E-state index in [1.807, 2.05) is 18.2 Å². The maximum atomic E-state index is 8.89. The Balaban J connectivity index is 2.37. The average Bonchev–Trinajstić information content (AvgIpc) is 2.31. The van der Waals surface area contributed by atoms with Gasteiger partial charge < -0.3 is 5.11 Å². The predicted molar refractivity (Wildman–Crippen MR) is 75.4 cm³/mol. The van der Waals surface area contributed by atoms with Gasteiger partial charge in [0.05, 0.1) is 0 Å². The summed E-state index contributed by atoms with van der Waals surface area (Å²) in [5.41, 5.74) is 3.68. The first-order valence-electron chi connectivity index (χ1n) is 5.26. The van der Waals surface area contributed by atoms with Crippen LogP contribution in [0, 0.1) is 3.57 Å². The fourth-order valence-corrected chi connectivity index (χ4v) is 2.59. The van der Waals surface area contributed by atoms with Crippen LogP contribution < -0.4 is 0 Å². The van der Waals surface area contributed by atoms with Crippen molar-refractivity contribution in [2.75, 3.05) is 6.61 Å². The lowest BCUT2D eigenvalue weighted by atomic mass is 10.0. The molecule has 0 saturated carbocycles. The van der Waals surface area contributed by atoms with Crippen molar-refractivity contribution in [2.45, 2.75) is 6.42 Å². The summed E-state index contributed by atoms with van der Waals surface area (Å²) in [6, 6.07) is 16.7. The third kappa shape index (κ3) is 2.62. The highest BCUT2D eigenvalue weighted by molar-refractivity contribution is 14.1. The molecule has 0 aromatic heterocycles. The molecule has 0 aliphatic heterocycles. The molecule has 0 bridgehead atoms. The molecule has 0 heterocycles. The van der Waals surface area contributed by atoms with E-state index in [2.05, 4.69) is 52.9 Å². The van der Waals surface area contributed by atoms with Crippen LogP contribution in [-0.2, 0) is 6.42 Å². The van der Waals surface area contributed by atoms with Gasteiger partial charge in [0, 0.05) is 10.2 Å². The van der Waals surface area contributed by atoms with E-state index in [0.29, 0.717) is 0 Å². The fourth-order valence-electron chi connectivity index (χ4n) is 1.70. The Bertz CT molecular complexity index is 465. The Morgan fingerprint density at radius 3 is 2.38 bits per heavy atom. The van der Waals surface area contributed by atoms with Crippen LogP contribution in [0.3, 0.4) is 0 Å². The Kier molecular flexibility index (Phi) is 3.96. The standard InChI is InChI=1S/C14H13IO/c15-14-10-11(8-9-16)6-7-13(14)12-4-2-1-3-5-12/h1-7,10,16H,8-9H2. The molecule has 0 atom stereocenters. The summed E-state index contributed by atoms with van der Waals surface area (Å²) >= 11 is 2.35. The van der Waals surface area contributed by atoms with Crippen LogP contribution >= 0.6 is 22.6 Å². The topological polar surface area (TPSA) is 20.2 Å². The first kappa shape index (κ1) is 11.6. The minimum Gasteiger partial charge on any atom is -0.396 e. The molecule has 2 aromatic rings. The molecule has 16 heavy (non-hydrogen) atoms. The fraction of sp³-hybridized carbons (Fsp3) is 0.143. The summed E-state index contributed by atoms with van der Waals surface area (Å²) in [5, 5.41) is 8.89. The van der Waals surface area contributed by atoms with E-state index in [-0.39, 0.29) is 6.61 Å². The van der Waals surface area contributed by atoms with Crippen LogP contribution in [0.15, 0.2) is 48.5 Å². The summed E-state index contributed by atoms with van der Waals surface area (Å²) in [7, 11) is 0. The smallest absolute Gasteiger partial charge is 0.0471 e. The van der Waals surface area contributed by atoms with Crippen molar-refractivity contribution < 1.29 is 5.11 Å². The minimum absolute atomic E-state index is 0.209. The number of hydrogen-bond donors (Lipinski definition) is 1. The van der Waals surface area contributed by atoms with E-state index >= 15 is 0 Å². The second-order valence-corrected chi connectivity index (χ2v) is 4.82. The molecule has 2 aromatic carbocycles. The molecule has 0 fully saturated rings. The van der Waals surface area contributed by atoms with Crippen LogP contribution in [0.5, 0.6) is 0 Å². The lowest BCUT2D eigenvalue weighted by Crippen LogP contribution is -1.92. The van der Waals surface area contributed by atoms with Crippen molar-refractivity contribution in [3.63, 3.8) is 0 Å². The summed E-state index contributed by atoms with van der Waals surface area (Å²) in [5.74, 6) is 0. The molecule has 0 amide bonds. The predicted octanol–water partition coefficient (Wildman–Crippen LogP) is 3.49. The van der Waals surface area contributed by atoms with Crippen molar-refractivity contribution in [1.29, 1.82) is 0 Å². The lowest BCUT2D eigenvalue weighted by molar-refractivity contribution is 0.299. The molecule has 1 N–H and O–H groups in total.